The molecule has 1 atom stereocenters. The number of thioether (sulfide) groups is 1. The quantitative estimate of drug-likeness (QED) is 0.394. The summed E-state index contributed by atoms with van der Waals surface area (Å²) in [5.41, 5.74) is 0.482. The molecule has 0 aliphatic carbocycles. The van der Waals surface area contributed by atoms with E-state index in [2.05, 4.69) is 25.1 Å². The number of alkyl halides is 3. The van der Waals surface area contributed by atoms with E-state index in [9.17, 15) is 13.2 Å². The van der Waals surface area contributed by atoms with Crippen LogP contribution in [0, 0.1) is 6.92 Å². The Morgan fingerprint density at radius 3 is 2.84 bits per heavy atom. The van der Waals surface area contributed by atoms with Crippen molar-refractivity contribution in [2.45, 2.75) is 37.0 Å². The van der Waals surface area contributed by atoms with Crippen molar-refractivity contribution in [1.29, 1.82) is 0 Å². The molecule has 1 fully saturated rings. The van der Waals surface area contributed by atoms with Crippen LogP contribution >= 0.6 is 11.8 Å². The summed E-state index contributed by atoms with van der Waals surface area (Å²) in [5.74, 6) is 2.17. The highest BCUT2D eigenvalue weighted by molar-refractivity contribution is 7.99. The molecule has 0 spiro atoms. The molecule has 0 bridgehead atoms. The number of aromatic nitrogens is 5. The molecule has 0 amide bonds. The van der Waals surface area contributed by atoms with E-state index in [1.807, 2.05) is 18.5 Å². The lowest BCUT2D eigenvalue weighted by Crippen LogP contribution is -2.22. The molecule has 0 unspecified atom stereocenters. The molecular formula is C20H23F3N6OS. The topological polar surface area (TPSA) is 72.9 Å². The van der Waals surface area contributed by atoms with Crippen molar-refractivity contribution in [3.8, 4) is 11.6 Å². The van der Waals surface area contributed by atoms with Crippen LogP contribution in [0.15, 0.2) is 34.2 Å². The van der Waals surface area contributed by atoms with Crippen LogP contribution in [0.25, 0.3) is 11.6 Å². The second kappa shape index (κ2) is 8.99. The average molecular weight is 453 g/mol. The Kier molecular flexibility index (Phi) is 6.33. The lowest BCUT2D eigenvalue weighted by atomic mass is 10.0. The Bertz CT molecular complexity index is 1030. The molecule has 4 heterocycles. The number of likely N-dealkylation sites (tertiary alicyclic amines) is 1. The van der Waals surface area contributed by atoms with Crippen LogP contribution in [0.1, 0.15) is 35.8 Å². The summed E-state index contributed by atoms with van der Waals surface area (Å²) in [4.78, 5) is 10.2. The first-order valence-corrected chi connectivity index (χ1v) is 11.0. The Balaban J connectivity index is 1.26. The predicted octanol–water partition coefficient (Wildman–Crippen LogP) is 4.16. The van der Waals surface area contributed by atoms with Gasteiger partial charge in [0.25, 0.3) is 0 Å². The number of hydrogen-bond acceptors (Lipinski definition) is 7. The molecule has 1 aliphatic rings. The summed E-state index contributed by atoms with van der Waals surface area (Å²) in [6, 6.07) is 4.16. The maximum atomic E-state index is 12.9. The normalized spacial score (nSPS) is 17.5. The lowest BCUT2D eigenvalue weighted by Gasteiger charge is -2.16. The van der Waals surface area contributed by atoms with Crippen molar-refractivity contribution in [3.63, 3.8) is 0 Å². The van der Waals surface area contributed by atoms with Crippen molar-refractivity contribution < 1.29 is 17.6 Å². The minimum Gasteiger partial charge on any atom is -0.440 e. The molecule has 0 aromatic carbocycles. The van der Waals surface area contributed by atoms with Gasteiger partial charge in [0.1, 0.15) is 5.69 Å². The van der Waals surface area contributed by atoms with Crippen molar-refractivity contribution in [1.82, 2.24) is 29.6 Å². The minimum absolute atomic E-state index is 0.0430. The number of rotatable bonds is 7. The molecule has 4 rings (SSSR count). The van der Waals surface area contributed by atoms with Gasteiger partial charge in [0.15, 0.2) is 17.3 Å². The summed E-state index contributed by atoms with van der Waals surface area (Å²) in [6.07, 6.45) is -1.25. The Hall–Kier alpha value is -2.40. The molecule has 166 valence electrons. The van der Waals surface area contributed by atoms with Gasteiger partial charge in [0.2, 0.25) is 5.82 Å². The van der Waals surface area contributed by atoms with Gasteiger partial charge < -0.3 is 13.9 Å². The van der Waals surface area contributed by atoms with E-state index in [1.54, 1.807) is 17.8 Å². The molecule has 0 saturated carbocycles. The standard InChI is InChI=1S/C20H23F3N6OS/c1-13-17(30-12-24-13)18-26-27-19(28(18)2)31-10-4-8-29-9-7-14(11-29)15-5-3-6-16(25-15)20(21,22)23/h3,5-6,12,14H,4,7-11H2,1-2H3/t14-/m1/s1. The molecule has 11 heteroatoms. The second-order valence-corrected chi connectivity index (χ2v) is 8.63. The number of aryl methyl sites for hydroxylation is 1. The third-order valence-electron chi connectivity index (χ3n) is 5.39. The van der Waals surface area contributed by atoms with Gasteiger partial charge in [-0.15, -0.1) is 10.2 Å². The Labute approximate surface area is 182 Å². The maximum Gasteiger partial charge on any atom is 0.433 e. The average Bonchev–Trinajstić information content (AvgIpc) is 3.46. The van der Waals surface area contributed by atoms with Crippen molar-refractivity contribution in [3.05, 3.63) is 41.7 Å². The molecule has 3 aromatic heterocycles. The summed E-state index contributed by atoms with van der Waals surface area (Å²) >= 11 is 1.62. The van der Waals surface area contributed by atoms with Crippen LogP contribution in [0.4, 0.5) is 13.2 Å². The van der Waals surface area contributed by atoms with E-state index in [-0.39, 0.29) is 5.92 Å². The zero-order chi connectivity index (χ0) is 22.0. The minimum atomic E-state index is -4.41. The fraction of sp³-hybridized carbons (Fsp3) is 0.500. The first kappa shape index (κ1) is 21.8. The van der Waals surface area contributed by atoms with Gasteiger partial charge in [-0.25, -0.2) is 9.97 Å². The summed E-state index contributed by atoms with van der Waals surface area (Å²) in [5, 5.41) is 9.24. The molecule has 7 nitrogen and oxygen atoms in total. The van der Waals surface area contributed by atoms with Gasteiger partial charge in [-0.2, -0.15) is 13.2 Å². The van der Waals surface area contributed by atoms with Gasteiger partial charge in [-0.3, -0.25) is 0 Å². The number of hydrogen-bond donors (Lipinski definition) is 0. The number of pyridine rings is 1. The molecular weight excluding hydrogens is 429 g/mol. The van der Waals surface area contributed by atoms with E-state index in [0.717, 1.165) is 55.1 Å². The number of halogens is 3. The highest BCUT2D eigenvalue weighted by Gasteiger charge is 2.33. The van der Waals surface area contributed by atoms with Crippen molar-refractivity contribution in [2.24, 2.45) is 7.05 Å². The zero-order valence-electron chi connectivity index (χ0n) is 17.3. The SMILES string of the molecule is Cc1ncoc1-c1nnc(SCCCN2CC[C@@H](c3cccc(C(F)(F)F)n3)C2)n1C. The summed E-state index contributed by atoms with van der Waals surface area (Å²) in [6.45, 7) is 4.34. The highest BCUT2D eigenvalue weighted by Crippen LogP contribution is 2.31. The molecule has 1 aliphatic heterocycles. The van der Waals surface area contributed by atoms with Gasteiger partial charge in [-0.05, 0) is 45.0 Å². The molecule has 1 saturated heterocycles. The second-order valence-electron chi connectivity index (χ2n) is 7.57. The van der Waals surface area contributed by atoms with E-state index in [4.69, 9.17) is 4.42 Å². The van der Waals surface area contributed by atoms with Crippen LogP contribution in [-0.2, 0) is 13.2 Å². The first-order valence-electron chi connectivity index (χ1n) is 10.0. The number of oxazole rings is 1. The molecule has 3 aromatic rings. The van der Waals surface area contributed by atoms with Crippen LogP contribution in [0.5, 0.6) is 0 Å². The molecule has 0 radical (unpaired) electrons. The van der Waals surface area contributed by atoms with Crippen LogP contribution in [0.3, 0.4) is 0 Å². The lowest BCUT2D eigenvalue weighted by molar-refractivity contribution is -0.141. The largest absolute Gasteiger partial charge is 0.440 e. The smallest absolute Gasteiger partial charge is 0.433 e. The third-order valence-corrected chi connectivity index (χ3v) is 6.49. The van der Waals surface area contributed by atoms with E-state index in [0.29, 0.717) is 17.3 Å². The van der Waals surface area contributed by atoms with Gasteiger partial charge >= 0.3 is 6.18 Å². The Morgan fingerprint density at radius 1 is 1.26 bits per heavy atom. The fourth-order valence-corrected chi connectivity index (χ4v) is 4.56. The maximum absolute atomic E-state index is 12.9. The molecule has 0 N–H and O–H groups in total. The van der Waals surface area contributed by atoms with Crippen LogP contribution in [-0.4, -0.2) is 55.0 Å². The summed E-state index contributed by atoms with van der Waals surface area (Å²) in [7, 11) is 1.90. The van der Waals surface area contributed by atoms with E-state index >= 15 is 0 Å². The van der Waals surface area contributed by atoms with Gasteiger partial charge in [0, 0.05) is 31.0 Å². The fourth-order valence-electron chi connectivity index (χ4n) is 3.72. The third kappa shape index (κ3) is 4.93. The number of nitrogens with zero attached hydrogens (tertiary/aromatic N) is 6. The highest BCUT2D eigenvalue weighted by atomic mass is 32.2. The zero-order valence-corrected chi connectivity index (χ0v) is 18.1. The van der Waals surface area contributed by atoms with Crippen molar-refractivity contribution >= 4 is 11.8 Å². The van der Waals surface area contributed by atoms with E-state index < -0.39 is 11.9 Å². The molecule has 31 heavy (non-hydrogen) atoms. The van der Waals surface area contributed by atoms with Gasteiger partial charge in [-0.1, -0.05) is 17.8 Å². The monoisotopic (exact) mass is 452 g/mol. The van der Waals surface area contributed by atoms with Gasteiger partial charge in [0.05, 0.1) is 5.69 Å². The van der Waals surface area contributed by atoms with Crippen LogP contribution in [0.2, 0.25) is 0 Å². The summed E-state index contributed by atoms with van der Waals surface area (Å²) < 4.78 is 46.0. The van der Waals surface area contributed by atoms with Crippen molar-refractivity contribution in [2.75, 3.05) is 25.4 Å². The first-order chi connectivity index (χ1) is 14.8. The van der Waals surface area contributed by atoms with E-state index in [1.165, 1.54) is 12.5 Å². The Morgan fingerprint density at radius 2 is 2.10 bits per heavy atom. The predicted molar refractivity (Wildman–Crippen MR) is 110 cm³/mol. The van der Waals surface area contributed by atoms with Crippen LogP contribution < -0.4 is 0 Å².